The lowest BCUT2D eigenvalue weighted by atomic mass is 10.1. The van der Waals surface area contributed by atoms with E-state index in [4.69, 9.17) is 5.73 Å². The Morgan fingerprint density at radius 3 is 3.00 bits per heavy atom. The maximum atomic E-state index is 5.62. The molecule has 2 rings (SSSR count). The number of nitrogens with two attached hydrogens (primary N) is 1. The summed E-state index contributed by atoms with van der Waals surface area (Å²) in [5, 5.41) is 0. The molecule has 0 aliphatic carbocycles. The molecule has 0 amide bonds. The van der Waals surface area contributed by atoms with Crippen LogP contribution in [0.2, 0.25) is 0 Å². The molecule has 1 aromatic rings. The van der Waals surface area contributed by atoms with Crippen molar-refractivity contribution in [3.8, 4) is 0 Å². The molecule has 0 saturated carbocycles. The molecule has 1 aliphatic heterocycles. The normalized spacial score (nSPS) is 22.8. The minimum Gasteiger partial charge on any atom is -0.329 e. The van der Waals surface area contributed by atoms with E-state index in [1.54, 1.807) is 0 Å². The van der Waals surface area contributed by atoms with Crippen molar-refractivity contribution in [1.29, 1.82) is 0 Å². The molecule has 1 unspecified atom stereocenters. The van der Waals surface area contributed by atoms with Crippen molar-refractivity contribution in [2.45, 2.75) is 19.5 Å². The van der Waals surface area contributed by atoms with Crippen molar-refractivity contribution >= 4 is 0 Å². The van der Waals surface area contributed by atoms with Gasteiger partial charge in [-0.3, -0.25) is 14.8 Å². The van der Waals surface area contributed by atoms with Crippen molar-refractivity contribution < 1.29 is 0 Å². The zero-order valence-electron chi connectivity index (χ0n) is 10.5. The first-order chi connectivity index (χ1) is 8.29. The van der Waals surface area contributed by atoms with Gasteiger partial charge in [0, 0.05) is 57.7 Å². The van der Waals surface area contributed by atoms with E-state index in [1.807, 2.05) is 18.5 Å². The van der Waals surface area contributed by atoms with Crippen LogP contribution in [-0.2, 0) is 6.54 Å². The maximum absolute atomic E-state index is 5.62. The highest BCUT2D eigenvalue weighted by Crippen LogP contribution is 2.11. The zero-order chi connectivity index (χ0) is 12.1. The first-order valence-electron chi connectivity index (χ1n) is 6.35. The van der Waals surface area contributed by atoms with E-state index in [1.165, 1.54) is 5.56 Å². The Balaban J connectivity index is 1.85. The average molecular weight is 234 g/mol. The van der Waals surface area contributed by atoms with Crippen LogP contribution in [0.4, 0.5) is 0 Å². The molecule has 0 radical (unpaired) electrons. The van der Waals surface area contributed by atoms with E-state index in [-0.39, 0.29) is 0 Å². The average Bonchev–Trinajstić information content (AvgIpc) is 2.34. The number of pyridine rings is 1. The Morgan fingerprint density at radius 2 is 2.35 bits per heavy atom. The molecular formula is C13H22N4. The highest BCUT2D eigenvalue weighted by atomic mass is 15.3. The predicted molar refractivity (Wildman–Crippen MR) is 69.6 cm³/mol. The largest absolute Gasteiger partial charge is 0.329 e. The zero-order valence-corrected chi connectivity index (χ0v) is 10.5. The summed E-state index contributed by atoms with van der Waals surface area (Å²) in [5.74, 6) is 0. The summed E-state index contributed by atoms with van der Waals surface area (Å²) in [6.07, 6.45) is 3.78. The molecule has 1 fully saturated rings. The van der Waals surface area contributed by atoms with Crippen molar-refractivity contribution in [3.05, 3.63) is 30.1 Å². The van der Waals surface area contributed by atoms with E-state index < -0.39 is 0 Å². The van der Waals surface area contributed by atoms with Crippen LogP contribution >= 0.6 is 0 Å². The van der Waals surface area contributed by atoms with Gasteiger partial charge >= 0.3 is 0 Å². The van der Waals surface area contributed by atoms with E-state index in [9.17, 15) is 0 Å². The van der Waals surface area contributed by atoms with Crippen LogP contribution in [-0.4, -0.2) is 53.5 Å². The Labute approximate surface area is 103 Å². The Hall–Kier alpha value is -0.970. The molecule has 1 aromatic heterocycles. The maximum Gasteiger partial charge on any atom is 0.0312 e. The van der Waals surface area contributed by atoms with Gasteiger partial charge in [0.2, 0.25) is 0 Å². The van der Waals surface area contributed by atoms with Crippen LogP contribution < -0.4 is 5.73 Å². The number of aromatic nitrogens is 1. The fourth-order valence-corrected chi connectivity index (χ4v) is 2.46. The standard InChI is InChI=1S/C13H22N4/c1-12-10-16(7-8-17(12)6-4-14)11-13-3-2-5-15-9-13/h2-3,5,9,12H,4,6-8,10-11,14H2,1H3. The quantitative estimate of drug-likeness (QED) is 0.826. The third-order valence-corrected chi connectivity index (χ3v) is 3.39. The number of hydrogen-bond acceptors (Lipinski definition) is 4. The lowest BCUT2D eigenvalue weighted by Gasteiger charge is -2.39. The smallest absolute Gasteiger partial charge is 0.0312 e. The van der Waals surface area contributed by atoms with E-state index in [0.29, 0.717) is 6.04 Å². The second-order valence-corrected chi connectivity index (χ2v) is 4.77. The van der Waals surface area contributed by atoms with Gasteiger partial charge in [-0.25, -0.2) is 0 Å². The first kappa shape index (κ1) is 12.5. The Kier molecular flexibility index (Phi) is 4.48. The third-order valence-electron chi connectivity index (χ3n) is 3.39. The van der Waals surface area contributed by atoms with Gasteiger partial charge in [0.25, 0.3) is 0 Å². The highest BCUT2D eigenvalue weighted by Gasteiger charge is 2.22. The van der Waals surface area contributed by atoms with Crippen LogP contribution in [0, 0.1) is 0 Å². The Morgan fingerprint density at radius 1 is 1.47 bits per heavy atom. The van der Waals surface area contributed by atoms with Crippen molar-refractivity contribution in [3.63, 3.8) is 0 Å². The summed E-state index contributed by atoms with van der Waals surface area (Å²) in [6, 6.07) is 4.75. The van der Waals surface area contributed by atoms with Gasteiger partial charge in [-0.05, 0) is 18.6 Å². The Bertz CT molecular complexity index is 327. The molecule has 17 heavy (non-hydrogen) atoms. The monoisotopic (exact) mass is 234 g/mol. The van der Waals surface area contributed by atoms with E-state index >= 15 is 0 Å². The fraction of sp³-hybridized carbons (Fsp3) is 0.615. The van der Waals surface area contributed by atoms with Crippen molar-refractivity contribution in [1.82, 2.24) is 14.8 Å². The number of hydrogen-bond donors (Lipinski definition) is 1. The summed E-state index contributed by atoms with van der Waals surface area (Å²) in [7, 11) is 0. The topological polar surface area (TPSA) is 45.4 Å². The molecule has 0 spiro atoms. The van der Waals surface area contributed by atoms with Gasteiger partial charge in [-0.1, -0.05) is 6.07 Å². The molecular weight excluding hydrogens is 212 g/mol. The molecule has 94 valence electrons. The van der Waals surface area contributed by atoms with Gasteiger partial charge in [0.1, 0.15) is 0 Å². The molecule has 4 heteroatoms. The molecule has 2 heterocycles. The van der Waals surface area contributed by atoms with Crippen LogP contribution in [0.1, 0.15) is 12.5 Å². The van der Waals surface area contributed by atoms with E-state index in [2.05, 4.69) is 27.8 Å². The molecule has 1 aliphatic rings. The lowest BCUT2D eigenvalue weighted by Crippen LogP contribution is -2.52. The molecule has 0 bridgehead atoms. The number of nitrogens with zero attached hydrogens (tertiary/aromatic N) is 3. The van der Waals surface area contributed by atoms with Gasteiger partial charge in [0.15, 0.2) is 0 Å². The highest BCUT2D eigenvalue weighted by molar-refractivity contribution is 5.08. The number of piperazine rings is 1. The summed E-state index contributed by atoms with van der Waals surface area (Å²) in [6.45, 7) is 8.43. The number of rotatable bonds is 4. The van der Waals surface area contributed by atoms with Gasteiger partial charge in [-0.2, -0.15) is 0 Å². The van der Waals surface area contributed by atoms with Crippen LogP contribution in [0.5, 0.6) is 0 Å². The second-order valence-electron chi connectivity index (χ2n) is 4.77. The molecule has 1 saturated heterocycles. The minimum absolute atomic E-state index is 0.601. The molecule has 1 atom stereocenters. The van der Waals surface area contributed by atoms with Crippen LogP contribution in [0.25, 0.3) is 0 Å². The first-order valence-corrected chi connectivity index (χ1v) is 6.35. The third kappa shape index (κ3) is 3.49. The summed E-state index contributed by atoms with van der Waals surface area (Å²) in [5.41, 5.74) is 6.91. The molecule has 2 N–H and O–H groups in total. The fourth-order valence-electron chi connectivity index (χ4n) is 2.46. The van der Waals surface area contributed by atoms with Crippen molar-refractivity contribution in [2.75, 3.05) is 32.7 Å². The van der Waals surface area contributed by atoms with Gasteiger partial charge in [0.05, 0.1) is 0 Å². The van der Waals surface area contributed by atoms with Crippen LogP contribution in [0.15, 0.2) is 24.5 Å². The molecule has 4 nitrogen and oxygen atoms in total. The van der Waals surface area contributed by atoms with Gasteiger partial charge in [-0.15, -0.1) is 0 Å². The minimum atomic E-state index is 0.601. The predicted octanol–water partition coefficient (Wildman–Crippen LogP) is 0.546. The SMILES string of the molecule is CC1CN(Cc2cccnc2)CCN1CCN. The summed E-state index contributed by atoms with van der Waals surface area (Å²) in [4.78, 5) is 9.13. The summed E-state index contributed by atoms with van der Waals surface area (Å²) >= 11 is 0. The van der Waals surface area contributed by atoms with Crippen LogP contribution in [0.3, 0.4) is 0 Å². The second kappa shape index (κ2) is 6.10. The van der Waals surface area contributed by atoms with Gasteiger partial charge < -0.3 is 5.73 Å². The van der Waals surface area contributed by atoms with E-state index in [0.717, 1.165) is 39.3 Å². The van der Waals surface area contributed by atoms with Crippen molar-refractivity contribution in [2.24, 2.45) is 5.73 Å². The lowest BCUT2D eigenvalue weighted by molar-refractivity contribution is 0.0814. The molecule has 0 aromatic carbocycles. The summed E-state index contributed by atoms with van der Waals surface area (Å²) < 4.78 is 0.